The van der Waals surface area contributed by atoms with Gasteiger partial charge in [-0.3, -0.25) is 0 Å². The Balaban J connectivity index is 2.15. The summed E-state index contributed by atoms with van der Waals surface area (Å²) in [5.41, 5.74) is -0.138. The minimum absolute atomic E-state index is 0.138. The molecular weight excluding hydrogens is 345 g/mol. The summed E-state index contributed by atoms with van der Waals surface area (Å²) in [5.74, 6) is -0.356. The second-order valence-corrected chi connectivity index (χ2v) is 7.45. The predicted molar refractivity (Wildman–Crippen MR) is 71.7 cm³/mol. The fraction of sp³-hybridized carbons (Fsp3) is 0.455. The van der Waals surface area contributed by atoms with E-state index in [1.54, 1.807) is 0 Å². The van der Waals surface area contributed by atoms with Gasteiger partial charge in [0.2, 0.25) is 10.0 Å². The van der Waals surface area contributed by atoms with Crippen LogP contribution in [0.4, 0.5) is 4.39 Å². The van der Waals surface area contributed by atoms with Crippen molar-refractivity contribution in [3.8, 4) is 0 Å². The van der Waals surface area contributed by atoms with Crippen LogP contribution >= 0.6 is 27.5 Å². The number of benzene rings is 1. The molecule has 0 heterocycles. The number of hydrogen-bond acceptors (Lipinski definition) is 2. The first-order valence-electron chi connectivity index (χ1n) is 5.39. The number of nitrogens with one attached hydrogen (secondary N) is 1. The van der Waals surface area contributed by atoms with Gasteiger partial charge >= 0.3 is 0 Å². The lowest BCUT2D eigenvalue weighted by molar-refractivity contribution is 0.525. The highest BCUT2D eigenvalue weighted by Crippen LogP contribution is 2.46. The maximum absolute atomic E-state index is 13.6. The average molecular weight is 357 g/mol. The summed E-state index contributed by atoms with van der Waals surface area (Å²) in [5, 5.41) is 0. The van der Waals surface area contributed by atoms with Crippen LogP contribution in [-0.2, 0) is 10.0 Å². The molecule has 1 fully saturated rings. The molecule has 0 unspecified atom stereocenters. The highest BCUT2D eigenvalue weighted by Gasteiger charge is 2.42. The van der Waals surface area contributed by atoms with E-state index in [0.717, 1.165) is 18.9 Å². The van der Waals surface area contributed by atoms with E-state index in [0.29, 0.717) is 10.4 Å². The van der Waals surface area contributed by atoms with Gasteiger partial charge in [-0.25, -0.2) is 17.5 Å². The van der Waals surface area contributed by atoms with Gasteiger partial charge in [-0.2, -0.15) is 0 Å². The Morgan fingerprint density at radius 1 is 1.44 bits per heavy atom. The van der Waals surface area contributed by atoms with Gasteiger partial charge in [0.1, 0.15) is 10.7 Å². The maximum atomic E-state index is 13.6. The summed E-state index contributed by atoms with van der Waals surface area (Å²) in [6, 6.07) is 3.86. The van der Waals surface area contributed by atoms with Crippen molar-refractivity contribution in [2.75, 3.05) is 12.4 Å². The van der Waals surface area contributed by atoms with E-state index in [4.69, 9.17) is 11.6 Å². The molecule has 0 radical (unpaired) electrons. The molecule has 0 saturated heterocycles. The van der Waals surface area contributed by atoms with Crippen LogP contribution in [0.5, 0.6) is 0 Å². The number of alkyl halides is 1. The normalized spacial score (nSPS) is 17.7. The largest absolute Gasteiger partial charge is 0.243 e. The second-order valence-electron chi connectivity index (χ2n) is 4.53. The summed E-state index contributed by atoms with van der Waals surface area (Å²) >= 11 is 8.85. The fourth-order valence-electron chi connectivity index (χ4n) is 1.55. The lowest BCUT2D eigenvalue weighted by Gasteiger charge is -2.13. The third kappa shape index (κ3) is 3.04. The summed E-state index contributed by atoms with van der Waals surface area (Å²) in [6.45, 7) is 0.258. The third-order valence-corrected chi connectivity index (χ3v) is 5.56. The molecular formula is C11H12BrClFNO2S. The van der Waals surface area contributed by atoms with Crippen LogP contribution in [0.25, 0.3) is 0 Å². The summed E-state index contributed by atoms with van der Waals surface area (Å²) in [4.78, 5) is -0.337. The molecule has 1 aromatic carbocycles. The van der Waals surface area contributed by atoms with Crippen LogP contribution in [0, 0.1) is 11.2 Å². The molecule has 1 aliphatic rings. The topological polar surface area (TPSA) is 46.2 Å². The van der Waals surface area contributed by atoms with Gasteiger partial charge in [-0.05, 0) is 36.5 Å². The fourth-order valence-corrected chi connectivity index (χ4v) is 3.46. The standard InChI is InChI=1S/C11H12BrClFNO2S/c12-8-1-2-10(9(14)5-8)18(16,17)15-7-11(6-13)3-4-11/h1-2,5,15H,3-4,6-7H2. The molecule has 0 aromatic heterocycles. The van der Waals surface area contributed by atoms with Crippen LogP contribution in [0.1, 0.15) is 12.8 Å². The van der Waals surface area contributed by atoms with Crippen molar-refractivity contribution in [2.45, 2.75) is 17.7 Å². The minimum atomic E-state index is -3.82. The molecule has 1 aromatic rings. The van der Waals surface area contributed by atoms with Gasteiger partial charge in [-0.15, -0.1) is 11.6 Å². The molecule has 0 spiro atoms. The van der Waals surface area contributed by atoms with E-state index in [2.05, 4.69) is 20.7 Å². The zero-order valence-electron chi connectivity index (χ0n) is 9.42. The van der Waals surface area contributed by atoms with Crippen LogP contribution in [0.2, 0.25) is 0 Å². The molecule has 7 heteroatoms. The SMILES string of the molecule is O=S(=O)(NCC1(CCl)CC1)c1ccc(Br)cc1F. The molecule has 100 valence electrons. The van der Waals surface area contributed by atoms with Gasteiger partial charge in [0.05, 0.1) is 0 Å². The average Bonchev–Trinajstić information content (AvgIpc) is 3.07. The molecule has 0 aliphatic heterocycles. The van der Waals surface area contributed by atoms with E-state index < -0.39 is 15.8 Å². The van der Waals surface area contributed by atoms with Crippen molar-refractivity contribution < 1.29 is 12.8 Å². The quantitative estimate of drug-likeness (QED) is 0.825. The van der Waals surface area contributed by atoms with Crippen molar-refractivity contribution in [3.63, 3.8) is 0 Å². The Kier molecular flexibility index (Phi) is 4.02. The molecule has 18 heavy (non-hydrogen) atoms. The molecule has 1 aliphatic carbocycles. The first-order valence-corrected chi connectivity index (χ1v) is 8.20. The number of sulfonamides is 1. The van der Waals surface area contributed by atoms with Crippen LogP contribution in [-0.4, -0.2) is 20.8 Å². The number of rotatable bonds is 5. The Hall–Kier alpha value is -0.170. The Morgan fingerprint density at radius 2 is 2.11 bits per heavy atom. The van der Waals surface area contributed by atoms with Crippen molar-refractivity contribution >= 4 is 37.6 Å². The lowest BCUT2D eigenvalue weighted by Crippen LogP contribution is -2.31. The van der Waals surface area contributed by atoms with E-state index in [9.17, 15) is 12.8 Å². The Labute approximate surface area is 119 Å². The number of hydrogen-bond donors (Lipinski definition) is 1. The molecule has 1 N–H and O–H groups in total. The molecule has 1 saturated carbocycles. The summed E-state index contributed by atoms with van der Waals surface area (Å²) in [7, 11) is -3.82. The zero-order chi connectivity index (χ0) is 13.4. The molecule has 0 atom stereocenters. The maximum Gasteiger partial charge on any atom is 0.243 e. The lowest BCUT2D eigenvalue weighted by atomic mass is 10.1. The van der Waals surface area contributed by atoms with E-state index in [1.807, 2.05) is 0 Å². The van der Waals surface area contributed by atoms with Gasteiger partial charge < -0.3 is 0 Å². The van der Waals surface area contributed by atoms with Gasteiger partial charge in [0.15, 0.2) is 0 Å². The van der Waals surface area contributed by atoms with Crippen LogP contribution in [0.15, 0.2) is 27.6 Å². The van der Waals surface area contributed by atoms with Gasteiger partial charge in [-0.1, -0.05) is 15.9 Å². The van der Waals surface area contributed by atoms with Crippen LogP contribution < -0.4 is 4.72 Å². The Bertz CT molecular complexity index is 560. The number of halogens is 3. The Morgan fingerprint density at radius 3 is 2.61 bits per heavy atom. The van der Waals surface area contributed by atoms with E-state index in [-0.39, 0.29) is 16.9 Å². The highest BCUT2D eigenvalue weighted by molar-refractivity contribution is 9.10. The monoisotopic (exact) mass is 355 g/mol. The van der Waals surface area contributed by atoms with E-state index >= 15 is 0 Å². The van der Waals surface area contributed by atoms with Gasteiger partial charge in [0.25, 0.3) is 0 Å². The second kappa shape index (κ2) is 5.07. The molecule has 3 nitrogen and oxygen atoms in total. The van der Waals surface area contributed by atoms with Crippen LogP contribution in [0.3, 0.4) is 0 Å². The van der Waals surface area contributed by atoms with E-state index in [1.165, 1.54) is 12.1 Å². The molecule has 2 rings (SSSR count). The van der Waals surface area contributed by atoms with Gasteiger partial charge in [0, 0.05) is 16.9 Å². The van der Waals surface area contributed by atoms with Crippen molar-refractivity contribution in [3.05, 3.63) is 28.5 Å². The smallest absolute Gasteiger partial charge is 0.210 e. The highest BCUT2D eigenvalue weighted by atomic mass is 79.9. The summed E-state index contributed by atoms with van der Waals surface area (Å²) in [6.07, 6.45) is 1.81. The zero-order valence-corrected chi connectivity index (χ0v) is 12.6. The van der Waals surface area contributed by atoms with Crippen molar-refractivity contribution in [1.82, 2.24) is 4.72 Å². The molecule has 0 bridgehead atoms. The molecule has 0 amide bonds. The van der Waals surface area contributed by atoms with Crippen molar-refractivity contribution in [2.24, 2.45) is 5.41 Å². The first kappa shape index (κ1) is 14.2. The summed E-state index contributed by atoms with van der Waals surface area (Å²) < 4.78 is 40.4. The third-order valence-electron chi connectivity index (χ3n) is 3.06. The predicted octanol–water partition coefficient (Wildman–Crippen LogP) is 2.89. The van der Waals surface area contributed by atoms with Crippen molar-refractivity contribution in [1.29, 1.82) is 0 Å². The first-order chi connectivity index (χ1) is 8.38. The minimum Gasteiger partial charge on any atom is -0.210 e.